The van der Waals surface area contributed by atoms with Crippen LogP contribution >= 0.6 is 12.6 Å². The smallest absolute Gasteiger partial charge is 0.326 e. The minimum Gasteiger partial charge on any atom is -0.484 e. The number of carboxylic acids is 1. The molecule has 8 heteroatoms. The summed E-state index contributed by atoms with van der Waals surface area (Å²) in [6.07, 6.45) is 0.393. The van der Waals surface area contributed by atoms with Crippen molar-refractivity contribution in [1.82, 2.24) is 10.6 Å². The molecular formula is C21H24N2O5S. The molecule has 2 rings (SSSR count). The topological polar surface area (TPSA) is 105 Å². The van der Waals surface area contributed by atoms with Gasteiger partial charge in [0, 0.05) is 6.42 Å². The van der Waals surface area contributed by atoms with Gasteiger partial charge in [-0.05, 0) is 29.9 Å². The van der Waals surface area contributed by atoms with E-state index in [0.717, 1.165) is 5.56 Å². The van der Waals surface area contributed by atoms with Crippen molar-refractivity contribution < 1.29 is 24.2 Å². The Morgan fingerprint density at radius 2 is 1.55 bits per heavy atom. The molecule has 0 aliphatic carbocycles. The van der Waals surface area contributed by atoms with Crippen molar-refractivity contribution in [3.63, 3.8) is 0 Å². The predicted octanol–water partition coefficient (Wildman–Crippen LogP) is 1.68. The third-order valence-corrected chi connectivity index (χ3v) is 4.34. The lowest BCUT2D eigenvalue weighted by molar-refractivity contribution is -0.142. The van der Waals surface area contributed by atoms with E-state index in [-0.39, 0.29) is 19.4 Å². The maximum absolute atomic E-state index is 12.7. The quantitative estimate of drug-likeness (QED) is 0.417. The molecule has 2 amide bonds. The molecule has 29 heavy (non-hydrogen) atoms. The Hall–Kier alpha value is -3.00. The molecule has 0 bridgehead atoms. The van der Waals surface area contributed by atoms with Gasteiger partial charge in [0.05, 0.1) is 0 Å². The van der Waals surface area contributed by atoms with Crippen LogP contribution in [0.15, 0.2) is 60.7 Å². The Bertz CT molecular complexity index is 801. The molecule has 0 radical (unpaired) electrons. The maximum atomic E-state index is 12.7. The van der Waals surface area contributed by atoms with Crippen LogP contribution in [0.4, 0.5) is 0 Å². The van der Waals surface area contributed by atoms with Crippen molar-refractivity contribution in [3.05, 3.63) is 66.2 Å². The molecule has 3 N–H and O–H groups in total. The molecule has 0 aliphatic heterocycles. The van der Waals surface area contributed by atoms with Gasteiger partial charge in [-0.1, -0.05) is 48.5 Å². The third-order valence-electron chi connectivity index (χ3n) is 4.08. The fraction of sp³-hybridized carbons (Fsp3) is 0.286. The molecule has 154 valence electrons. The van der Waals surface area contributed by atoms with Crippen LogP contribution in [0, 0.1) is 0 Å². The zero-order valence-electron chi connectivity index (χ0n) is 15.8. The van der Waals surface area contributed by atoms with Gasteiger partial charge in [0.25, 0.3) is 5.91 Å². The van der Waals surface area contributed by atoms with Gasteiger partial charge >= 0.3 is 5.97 Å². The molecule has 2 atom stereocenters. The van der Waals surface area contributed by atoms with Gasteiger partial charge in [-0.25, -0.2) is 4.79 Å². The summed E-state index contributed by atoms with van der Waals surface area (Å²) in [5.74, 6) is -1.36. The normalized spacial score (nSPS) is 12.4. The second-order valence-corrected chi connectivity index (χ2v) is 6.77. The Morgan fingerprint density at radius 1 is 0.931 bits per heavy atom. The van der Waals surface area contributed by atoms with E-state index in [2.05, 4.69) is 23.3 Å². The van der Waals surface area contributed by atoms with Gasteiger partial charge in [0.1, 0.15) is 17.8 Å². The predicted molar refractivity (Wildman–Crippen MR) is 112 cm³/mol. The molecule has 2 aromatic carbocycles. The number of hydrogen-bond acceptors (Lipinski definition) is 5. The highest BCUT2D eigenvalue weighted by molar-refractivity contribution is 7.80. The second kappa shape index (κ2) is 11.8. The molecule has 0 fully saturated rings. The Morgan fingerprint density at radius 3 is 2.14 bits per heavy atom. The lowest BCUT2D eigenvalue weighted by atomic mass is 10.0. The van der Waals surface area contributed by atoms with E-state index in [4.69, 9.17) is 4.74 Å². The number of carboxylic acid groups (broad SMARTS) is 1. The average molecular weight is 416 g/mol. The van der Waals surface area contributed by atoms with Gasteiger partial charge in [-0.3, -0.25) is 9.59 Å². The lowest BCUT2D eigenvalue weighted by Gasteiger charge is -2.21. The number of carbonyl (C=O) groups is 3. The molecule has 0 saturated carbocycles. The molecule has 0 aliphatic rings. The van der Waals surface area contributed by atoms with E-state index in [1.54, 1.807) is 24.3 Å². The lowest BCUT2D eigenvalue weighted by Crippen LogP contribution is -2.53. The summed E-state index contributed by atoms with van der Waals surface area (Å²) >= 11 is 4.03. The number of ether oxygens (including phenoxy) is 1. The average Bonchev–Trinajstić information content (AvgIpc) is 2.73. The van der Waals surface area contributed by atoms with Gasteiger partial charge in [-0.15, -0.1) is 0 Å². The van der Waals surface area contributed by atoms with Crippen LogP contribution in [0.2, 0.25) is 0 Å². The fourth-order valence-electron chi connectivity index (χ4n) is 2.62. The van der Waals surface area contributed by atoms with Crippen LogP contribution in [0.5, 0.6) is 5.75 Å². The molecule has 0 saturated heterocycles. The Labute approximate surface area is 174 Å². The first kappa shape index (κ1) is 22.3. The van der Waals surface area contributed by atoms with E-state index in [9.17, 15) is 19.5 Å². The number of thiol groups is 1. The van der Waals surface area contributed by atoms with E-state index in [1.165, 1.54) is 0 Å². The largest absolute Gasteiger partial charge is 0.484 e. The molecule has 1 unspecified atom stereocenters. The van der Waals surface area contributed by atoms with E-state index >= 15 is 0 Å². The summed E-state index contributed by atoms with van der Waals surface area (Å²) in [4.78, 5) is 36.3. The molecule has 0 aromatic heterocycles. The molecule has 2 aromatic rings. The minimum absolute atomic E-state index is 0.174. The Kier molecular flexibility index (Phi) is 9.04. The summed E-state index contributed by atoms with van der Waals surface area (Å²) in [6.45, 7) is -0.262. The molecule has 0 spiro atoms. The highest BCUT2D eigenvalue weighted by Crippen LogP contribution is 2.08. The van der Waals surface area contributed by atoms with Gasteiger partial charge in [0.15, 0.2) is 6.61 Å². The zero-order valence-corrected chi connectivity index (χ0v) is 16.7. The second-order valence-electron chi connectivity index (χ2n) is 6.32. The monoisotopic (exact) mass is 416 g/mol. The number of benzene rings is 2. The van der Waals surface area contributed by atoms with Gasteiger partial charge < -0.3 is 20.5 Å². The Balaban J connectivity index is 2.04. The van der Waals surface area contributed by atoms with Crippen LogP contribution in [0.1, 0.15) is 12.0 Å². The van der Waals surface area contributed by atoms with E-state index in [0.29, 0.717) is 11.5 Å². The van der Waals surface area contributed by atoms with E-state index < -0.39 is 29.9 Å². The van der Waals surface area contributed by atoms with Crippen molar-refractivity contribution in [1.29, 1.82) is 0 Å². The fourth-order valence-corrected chi connectivity index (χ4v) is 2.88. The highest BCUT2D eigenvalue weighted by atomic mass is 32.1. The SMILES string of the molecule is O=C(COc1ccccc1)N[C@@H](Cc1ccccc1)C(=O)NC(CCS)C(=O)O. The highest BCUT2D eigenvalue weighted by Gasteiger charge is 2.26. The summed E-state index contributed by atoms with van der Waals surface area (Å²) in [7, 11) is 0. The number of para-hydroxylation sites is 1. The first-order valence-corrected chi connectivity index (χ1v) is 9.78. The first-order chi connectivity index (χ1) is 14.0. The maximum Gasteiger partial charge on any atom is 0.326 e. The molecular weight excluding hydrogens is 392 g/mol. The standard InChI is InChI=1S/C21H24N2O5S/c24-19(14-28-16-9-5-2-6-10-16)22-18(13-15-7-3-1-4-8-15)20(25)23-17(11-12-29)21(26)27/h1-10,17-18,29H,11-14H2,(H,22,24)(H,23,25)(H,26,27)/t17?,18-/m0/s1. The minimum atomic E-state index is -1.15. The van der Waals surface area contributed by atoms with Crippen molar-refractivity contribution in [2.75, 3.05) is 12.4 Å². The number of rotatable bonds is 11. The van der Waals surface area contributed by atoms with Crippen molar-refractivity contribution >= 4 is 30.4 Å². The van der Waals surface area contributed by atoms with Crippen molar-refractivity contribution in [2.45, 2.75) is 24.9 Å². The number of hydrogen-bond donors (Lipinski definition) is 4. The van der Waals surface area contributed by atoms with Crippen LogP contribution in [-0.2, 0) is 20.8 Å². The number of carbonyl (C=O) groups excluding carboxylic acids is 2. The van der Waals surface area contributed by atoms with Crippen LogP contribution in [0.3, 0.4) is 0 Å². The third kappa shape index (κ3) is 7.87. The van der Waals surface area contributed by atoms with Crippen molar-refractivity contribution in [3.8, 4) is 5.75 Å². The molecule has 0 heterocycles. The molecule has 7 nitrogen and oxygen atoms in total. The van der Waals surface area contributed by atoms with Crippen LogP contribution in [-0.4, -0.2) is 47.3 Å². The van der Waals surface area contributed by atoms with Crippen molar-refractivity contribution in [2.24, 2.45) is 0 Å². The first-order valence-electron chi connectivity index (χ1n) is 9.14. The van der Waals surface area contributed by atoms with Gasteiger partial charge in [-0.2, -0.15) is 12.6 Å². The van der Waals surface area contributed by atoms with Gasteiger partial charge in [0.2, 0.25) is 5.91 Å². The summed E-state index contributed by atoms with van der Waals surface area (Å²) in [5.41, 5.74) is 0.831. The summed E-state index contributed by atoms with van der Waals surface area (Å²) in [5, 5.41) is 14.4. The van der Waals surface area contributed by atoms with Crippen LogP contribution < -0.4 is 15.4 Å². The summed E-state index contributed by atoms with van der Waals surface area (Å²) < 4.78 is 5.41. The van der Waals surface area contributed by atoms with Crippen LogP contribution in [0.25, 0.3) is 0 Å². The van der Waals surface area contributed by atoms with E-state index in [1.807, 2.05) is 36.4 Å². The number of amides is 2. The summed E-state index contributed by atoms with van der Waals surface area (Å²) in [6, 6.07) is 16.0. The number of nitrogens with one attached hydrogen (secondary N) is 2. The zero-order chi connectivity index (χ0) is 21.1. The number of aliphatic carboxylic acids is 1.